The third-order valence-corrected chi connectivity index (χ3v) is 5.22. The van der Waals surface area contributed by atoms with E-state index in [0.29, 0.717) is 0 Å². The van der Waals surface area contributed by atoms with Crippen LogP contribution >= 0.6 is 22.7 Å². The van der Waals surface area contributed by atoms with Crippen LogP contribution in [-0.2, 0) is 11.3 Å². The number of carbonyl (C=O) groups is 1. The molecule has 5 nitrogen and oxygen atoms in total. The van der Waals surface area contributed by atoms with E-state index in [9.17, 15) is 4.79 Å². The second-order valence-electron chi connectivity index (χ2n) is 4.82. The molecule has 4 aromatic rings. The first-order chi connectivity index (χ1) is 11.3. The maximum absolute atomic E-state index is 12.1. The summed E-state index contributed by atoms with van der Waals surface area (Å²) in [7, 11) is 0. The van der Waals surface area contributed by atoms with Gasteiger partial charge in [-0.25, -0.2) is 4.79 Å². The number of aromatic amines is 1. The summed E-state index contributed by atoms with van der Waals surface area (Å²) in [6, 6.07) is 11.5. The summed E-state index contributed by atoms with van der Waals surface area (Å²) in [6.07, 6.45) is 1.75. The van der Waals surface area contributed by atoms with Crippen LogP contribution in [0.15, 0.2) is 48.0 Å². The van der Waals surface area contributed by atoms with E-state index < -0.39 is 5.97 Å². The van der Waals surface area contributed by atoms with Crippen molar-refractivity contribution in [1.82, 2.24) is 15.2 Å². The smallest absolute Gasteiger partial charge is 0.359 e. The van der Waals surface area contributed by atoms with Crippen LogP contribution in [0.25, 0.3) is 20.8 Å². The number of carbonyl (C=O) groups excluding carboxylic acids is 1. The summed E-state index contributed by atoms with van der Waals surface area (Å²) in [5, 5.41) is 8.86. The molecule has 0 saturated heterocycles. The zero-order chi connectivity index (χ0) is 15.6. The number of hydrogen-bond acceptors (Lipinski definition) is 6. The lowest BCUT2D eigenvalue weighted by Crippen LogP contribution is -2.04. The summed E-state index contributed by atoms with van der Waals surface area (Å²) in [4.78, 5) is 18.4. The summed E-state index contributed by atoms with van der Waals surface area (Å²) in [5.41, 5.74) is 2.02. The molecule has 0 radical (unpaired) electrons. The zero-order valence-electron chi connectivity index (χ0n) is 11.9. The minimum Gasteiger partial charge on any atom is -0.455 e. The Bertz CT molecular complexity index is 924. The van der Waals surface area contributed by atoms with Gasteiger partial charge in [0.2, 0.25) is 0 Å². The van der Waals surface area contributed by atoms with Crippen molar-refractivity contribution in [2.45, 2.75) is 6.61 Å². The molecule has 0 aliphatic heterocycles. The molecule has 4 aromatic heterocycles. The number of thiophene rings is 2. The second kappa shape index (κ2) is 5.94. The molecule has 0 aliphatic rings. The lowest BCUT2D eigenvalue weighted by Gasteiger charge is -1.99. The molecular formula is C16H11N3O2S2. The zero-order valence-corrected chi connectivity index (χ0v) is 13.5. The van der Waals surface area contributed by atoms with Gasteiger partial charge in [-0.1, -0.05) is 6.07 Å². The Kier molecular flexibility index (Phi) is 3.64. The van der Waals surface area contributed by atoms with Gasteiger partial charge >= 0.3 is 5.97 Å². The van der Waals surface area contributed by atoms with Gasteiger partial charge in [-0.15, -0.1) is 22.7 Å². The Hall–Kier alpha value is -2.51. The summed E-state index contributed by atoms with van der Waals surface area (Å²) in [6.45, 7) is 0.223. The van der Waals surface area contributed by atoms with Crippen molar-refractivity contribution < 1.29 is 9.53 Å². The summed E-state index contributed by atoms with van der Waals surface area (Å²) >= 11 is 3.16. The normalized spacial score (nSPS) is 11.0. The molecule has 0 bridgehead atoms. The third kappa shape index (κ3) is 2.88. The van der Waals surface area contributed by atoms with Gasteiger partial charge in [-0.3, -0.25) is 10.1 Å². The predicted molar refractivity (Wildman–Crippen MR) is 90.6 cm³/mol. The Labute approximate surface area is 139 Å². The predicted octanol–water partition coefficient (Wildman–Crippen LogP) is 4.10. The van der Waals surface area contributed by atoms with Crippen molar-refractivity contribution in [3.8, 4) is 10.6 Å². The van der Waals surface area contributed by atoms with Crippen molar-refractivity contribution in [2.75, 3.05) is 0 Å². The van der Waals surface area contributed by atoms with Crippen LogP contribution in [-0.4, -0.2) is 21.2 Å². The fraction of sp³-hybridized carbons (Fsp3) is 0.0625. The highest BCUT2D eigenvalue weighted by Crippen LogP contribution is 2.25. The van der Waals surface area contributed by atoms with E-state index in [1.807, 2.05) is 35.7 Å². The number of esters is 1. The van der Waals surface area contributed by atoms with E-state index in [1.165, 1.54) is 0 Å². The standard InChI is InChI=1S/C16H11N3O2S2/c20-16(13-8-12(18-19-13)14-4-2-6-22-14)21-9-10-7-11-15(23-10)3-1-5-17-11/h1-8H,9H2,(H,18,19). The number of nitrogens with zero attached hydrogens (tertiary/aromatic N) is 2. The SMILES string of the molecule is O=C(OCc1cc2ncccc2s1)c1cc(-c2cccs2)[nH]n1. The Morgan fingerprint density at radius 1 is 1.26 bits per heavy atom. The Morgan fingerprint density at radius 3 is 3.04 bits per heavy atom. The monoisotopic (exact) mass is 341 g/mol. The topological polar surface area (TPSA) is 67.9 Å². The molecule has 1 N–H and O–H groups in total. The van der Waals surface area contributed by atoms with Crippen LogP contribution in [0.5, 0.6) is 0 Å². The van der Waals surface area contributed by atoms with Gasteiger partial charge in [0.05, 0.1) is 20.8 Å². The average Bonchev–Trinajstić information content (AvgIpc) is 3.31. The molecule has 0 atom stereocenters. The van der Waals surface area contributed by atoms with Crippen LogP contribution in [0.4, 0.5) is 0 Å². The number of rotatable bonds is 4. The van der Waals surface area contributed by atoms with Gasteiger partial charge in [0.25, 0.3) is 0 Å². The molecule has 0 aliphatic carbocycles. The van der Waals surface area contributed by atoms with Crippen LogP contribution in [0.3, 0.4) is 0 Å². The lowest BCUT2D eigenvalue weighted by atomic mass is 10.3. The molecule has 0 saturated carbocycles. The van der Waals surface area contributed by atoms with Crippen LogP contribution in [0.2, 0.25) is 0 Å². The van der Waals surface area contributed by atoms with Gasteiger partial charge in [-0.05, 0) is 35.7 Å². The molecule has 23 heavy (non-hydrogen) atoms. The number of H-pyrrole nitrogens is 1. The molecule has 114 valence electrons. The molecule has 0 unspecified atom stereocenters. The van der Waals surface area contributed by atoms with Gasteiger partial charge in [0, 0.05) is 11.1 Å². The maximum atomic E-state index is 12.1. The van der Waals surface area contributed by atoms with E-state index in [1.54, 1.807) is 34.9 Å². The van der Waals surface area contributed by atoms with Crippen molar-refractivity contribution in [3.63, 3.8) is 0 Å². The van der Waals surface area contributed by atoms with Crippen molar-refractivity contribution in [1.29, 1.82) is 0 Å². The molecular weight excluding hydrogens is 330 g/mol. The van der Waals surface area contributed by atoms with Crippen molar-refractivity contribution >= 4 is 38.9 Å². The molecule has 4 rings (SSSR count). The minimum atomic E-state index is -0.436. The highest BCUT2D eigenvalue weighted by Gasteiger charge is 2.14. The van der Waals surface area contributed by atoms with Gasteiger partial charge in [0.15, 0.2) is 5.69 Å². The fourth-order valence-electron chi connectivity index (χ4n) is 2.19. The summed E-state index contributed by atoms with van der Waals surface area (Å²) in [5.74, 6) is -0.436. The van der Waals surface area contributed by atoms with Gasteiger partial charge < -0.3 is 4.74 Å². The van der Waals surface area contributed by atoms with Gasteiger partial charge in [0.1, 0.15) is 6.61 Å². The second-order valence-corrected chi connectivity index (χ2v) is 6.94. The number of nitrogens with one attached hydrogen (secondary N) is 1. The quantitative estimate of drug-likeness (QED) is 0.567. The molecule has 0 fully saturated rings. The van der Waals surface area contributed by atoms with Gasteiger partial charge in [-0.2, -0.15) is 5.10 Å². The number of ether oxygens (including phenoxy) is 1. The average molecular weight is 341 g/mol. The van der Waals surface area contributed by atoms with Crippen molar-refractivity contribution in [3.05, 3.63) is 58.5 Å². The van der Waals surface area contributed by atoms with E-state index in [-0.39, 0.29) is 12.3 Å². The minimum absolute atomic E-state index is 0.223. The first-order valence-electron chi connectivity index (χ1n) is 6.89. The first-order valence-corrected chi connectivity index (χ1v) is 8.59. The van der Waals surface area contributed by atoms with E-state index >= 15 is 0 Å². The third-order valence-electron chi connectivity index (χ3n) is 3.26. The van der Waals surface area contributed by atoms with E-state index in [2.05, 4.69) is 15.2 Å². The number of fused-ring (bicyclic) bond motifs is 1. The lowest BCUT2D eigenvalue weighted by molar-refractivity contribution is 0.0470. The summed E-state index contributed by atoms with van der Waals surface area (Å²) < 4.78 is 6.42. The van der Waals surface area contributed by atoms with Crippen LogP contribution in [0.1, 0.15) is 15.4 Å². The number of aromatic nitrogens is 3. The highest BCUT2D eigenvalue weighted by molar-refractivity contribution is 7.19. The van der Waals surface area contributed by atoms with Crippen molar-refractivity contribution in [2.24, 2.45) is 0 Å². The van der Waals surface area contributed by atoms with Crippen LogP contribution < -0.4 is 0 Å². The Morgan fingerprint density at radius 2 is 2.22 bits per heavy atom. The molecule has 0 spiro atoms. The number of hydrogen-bond donors (Lipinski definition) is 1. The molecule has 0 amide bonds. The molecule has 4 heterocycles. The van der Waals surface area contributed by atoms with E-state index in [0.717, 1.165) is 25.7 Å². The number of pyridine rings is 1. The highest BCUT2D eigenvalue weighted by atomic mass is 32.1. The van der Waals surface area contributed by atoms with E-state index in [4.69, 9.17) is 4.74 Å². The molecule has 7 heteroatoms. The largest absolute Gasteiger partial charge is 0.455 e. The first kappa shape index (κ1) is 14.1. The maximum Gasteiger partial charge on any atom is 0.359 e. The fourth-order valence-corrected chi connectivity index (χ4v) is 3.81. The Balaban J connectivity index is 1.45. The molecule has 0 aromatic carbocycles. The van der Waals surface area contributed by atoms with Crippen LogP contribution in [0, 0.1) is 0 Å².